The number of rotatable bonds is 3. The van der Waals surface area contributed by atoms with E-state index < -0.39 is 12.1 Å². The zero-order valence-electron chi connectivity index (χ0n) is 8.83. The first-order valence-electron chi connectivity index (χ1n) is 4.83. The smallest absolute Gasteiger partial charge is 0.479 e. The molecule has 0 aromatic carbocycles. The minimum atomic E-state index is -1.23. The normalized spacial score (nSPS) is 25.1. The van der Waals surface area contributed by atoms with Crippen molar-refractivity contribution >= 4 is 5.97 Å². The molecule has 0 amide bonds. The number of aliphatic carboxylic acids is 1. The Morgan fingerprint density at radius 2 is 1.60 bits per heavy atom. The third kappa shape index (κ3) is 7.01. The van der Waals surface area contributed by atoms with Crippen LogP contribution in [0.2, 0.25) is 0 Å². The Labute approximate surface area is 104 Å². The summed E-state index contributed by atoms with van der Waals surface area (Å²) in [5.41, 5.74) is 10.9. The zero-order valence-corrected chi connectivity index (χ0v) is 11.1. The number of hydrogen-bond donors (Lipinski definition) is 4. The van der Waals surface area contributed by atoms with Gasteiger partial charge in [0.15, 0.2) is 0 Å². The molecular weight excluding hydrogens is 379 g/mol. The molecule has 0 heterocycles. The Balaban J connectivity index is 0. The Morgan fingerprint density at radius 3 is 1.67 bits per heavy atom. The van der Waals surface area contributed by atoms with E-state index in [-0.39, 0.29) is 21.1 Å². The predicted octanol–water partition coefficient (Wildman–Crippen LogP) is -0.621. The number of aliphatic hydroxyl groups is 1. The van der Waals surface area contributed by atoms with E-state index >= 15 is 0 Å². The van der Waals surface area contributed by atoms with Gasteiger partial charge >= 0.3 is 27.0 Å². The van der Waals surface area contributed by atoms with Crippen molar-refractivity contribution in [2.45, 2.75) is 25.9 Å². The van der Waals surface area contributed by atoms with Crippen LogP contribution in [0.25, 0.3) is 0 Å². The van der Waals surface area contributed by atoms with Gasteiger partial charge in [-0.25, -0.2) is 4.79 Å². The van der Waals surface area contributed by atoms with Crippen LogP contribution in [-0.2, 0) is 25.9 Å². The van der Waals surface area contributed by atoms with Gasteiger partial charge in [0.1, 0.15) is 6.10 Å². The van der Waals surface area contributed by atoms with E-state index in [0.717, 1.165) is 24.9 Å². The van der Waals surface area contributed by atoms with Crippen molar-refractivity contribution in [3.63, 3.8) is 0 Å². The fourth-order valence-corrected chi connectivity index (χ4v) is 1.26. The first-order valence-corrected chi connectivity index (χ1v) is 4.83. The molecule has 15 heavy (non-hydrogen) atoms. The summed E-state index contributed by atoms with van der Waals surface area (Å²) < 4.78 is 0. The van der Waals surface area contributed by atoms with Crippen molar-refractivity contribution in [2.24, 2.45) is 23.3 Å². The quantitative estimate of drug-likeness (QED) is 0.506. The molecule has 0 spiro atoms. The van der Waals surface area contributed by atoms with E-state index in [0.29, 0.717) is 0 Å². The van der Waals surface area contributed by atoms with Crippen LogP contribution in [0.4, 0.5) is 0 Å². The summed E-state index contributed by atoms with van der Waals surface area (Å²) in [6.07, 6.45) is 1.38. The van der Waals surface area contributed by atoms with Crippen molar-refractivity contribution in [3.05, 3.63) is 0 Å². The van der Waals surface area contributed by atoms with Crippen LogP contribution in [0.15, 0.2) is 0 Å². The van der Waals surface area contributed by atoms with Gasteiger partial charge < -0.3 is 21.7 Å². The van der Waals surface area contributed by atoms with Gasteiger partial charge in [-0.2, -0.15) is 0 Å². The summed E-state index contributed by atoms with van der Waals surface area (Å²) in [7, 11) is 0. The average Bonchev–Trinajstić information content (AvgIpc) is 2.05. The number of carboxylic acids is 1. The third-order valence-corrected chi connectivity index (χ3v) is 2.54. The van der Waals surface area contributed by atoms with Gasteiger partial charge in [-0.05, 0) is 44.7 Å². The summed E-state index contributed by atoms with van der Waals surface area (Å²) >= 11 is 0. The van der Waals surface area contributed by atoms with Crippen molar-refractivity contribution in [1.82, 2.24) is 0 Å². The fraction of sp³-hybridized carbons (Fsp3) is 0.889. The number of nitrogens with two attached hydrogens (primary N) is 2. The minimum Gasteiger partial charge on any atom is -0.479 e. The van der Waals surface area contributed by atoms with Crippen LogP contribution in [0.5, 0.6) is 0 Å². The molecule has 0 unspecified atom stereocenters. The van der Waals surface area contributed by atoms with Crippen molar-refractivity contribution < 1.29 is 36.1 Å². The van der Waals surface area contributed by atoms with E-state index in [4.69, 9.17) is 21.7 Å². The molecule has 0 aromatic heterocycles. The van der Waals surface area contributed by atoms with Crippen LogP contribution < -0.4 is 11.5 Å². The third-order valence-electron chi connectivity index (χ3n) is 2.54. The van der Waals surface area contributed by atoms with E-state index in [1.807, 2.05) is 0 Å². The van der Waals surface area contributed by atoms with E-state index in [1.54, 1.807) is 0 Å². The SMILES string of the molecule is C[C@H](O)C(=O)O.NC[C@@H]1CC[C@H]1CN.[Pt+2]. The number of hydrogen-bond acceptors (Lipinski definition) is 4. The molecule has 0 aromatic rings. The summed E-state index contributed by atoms with van der Waals surface area (Å²) in [5.74, 6) is 0.315. The molecule has 3 atom stereocenters. The van der Waals surface area contributed by atoms with E-state index in [9.17, 15) is 4.79 Å². The van der Waals surface area contributed by atoms with Gasteiger partial charge in [-0.3, -0.25) is 0 Å². The standard InChI is InChI=1S/C6H14N2.C3H6O3.Pt/c7-3-5-1-2-6(5)4-8;1-2(4)3(5)6;/h5-6H,1-4,7-8H2;2,4H,1H3,(H,5,6);/q;;+2/t5-,6-;2-;/m00./s1. The molecule has 0 aliphatic heterocycles. The summed E-state index contributed by atoms with van der Waals surface area (Å²) in [5, 5.41) is 15.8. The molecule has 1 aliphatic carbocycles. The largest absolute Gasteiger partial charge is 2.00 e. The van der Waals surface area contributed by atoms with Gasteiger partial charge in [0.25, 0.3) is 0 Å². The number of aliphatic hydroxyl groups excluding tert-OH is 1. The van der Waals surface area contributed by atoms with Crippen molar-refractivity contribution in [2.75, 3.05) is 13.1 Å². The molecule has 6 heteroatoms. The molecule has 1 saturated carbocycles. The molecule has 0 saturated heterocycles. The Kier molecular flexibility index (Phi) is 10.8. The zero-order chi connectivity index (χ0) is 11.1. The molecule has 6 N–H and O–H groups in total. The minimum absolute atomic E-state index is 0. The van der Waals surface area contributed by atoms with E-state index in [1.165, 1.54) is 19.8 Å². The van der Waals surface area contributed by atoms with Crippen LogP contribution in [-0.4, -0.2) is 35.4 Å². The second kappa shape index (κ2) is 9.28. The number of carbonyl (C=O) groups is 1. The fourth-order valence-electron chi connectivity index (χ4n) is 1.26. The maximum absolute atomic E-state index is 9.45. The summed E-state index contributed by atoms with van der Waals surface area (Å²) in [6.45, 7) is 2.87. The van der Waals surface area contributed by atoms with Crippen LogP contribution in [0.3, 0.4) is 0 Å². The van der Waals surface area contributed by atoms with Gasteiger partial charge in [0.2, 0.25) is 0 Å². The monoisotopic (exact) mass is 399 g/mol. The molecule has 92 valence electrons. The number of carboxylic acid groups (broad SMARTS) is 1. The predicted molar refractivity (Wildman–Crippen MR) is 53.6 cm³/mol. The molecule has 0 radical (unpaired) electrons. The molecule has 0 bridgehead atoms. The summed E-state index contributed by atoms with van der Waals surface area (Å²) in [4.78, 5) is 9.45. The Hall–Kier alpha value is 0.0383. The van der Waals surface area contributed by atoms with Crippen LogP contribution in [0.1, 0.15) is 19.8 Å². The van der Waals surface area contributed by atoms with Crippen LogP contribution >= 0.6 is 0 Å². The maximum Gasteiger partial charge on any atom is 2.00 e. The average molecular weight is 399 g/mol. The van der Waals surface area contributed by atoms with E-state index in [2.05, 4.69) is 0 Å². The Morgan fingerprint density at radius 1 is 1.33 bits per heavy atom. The van der Waals surface area contributed by atoms with Gasteiger partial charge in [0.05, 0.1) is 0 Å². The van der Waals surface area contributed by atoms with Crippen LogP contribution in [0, 0.1) is 11.8 Å². The maximum atomic E-state index is 9.45. The topological polar surface area (TPSA) is 110 Å². The first-order chi connectivity index (χ1) is 6.52. The van der Waals surface area contributed by atoms with Gasteiger partial charge in [-0.15, -0.1) is 0 Å². The Bertz CT molecular complexity index is 165. The molecule has 1 fully saturated rings. The molecule has 1 aliphatic rings. The van der Waals surface area contributed by atoms with Gasteiger partial charge in [0, 0.05) is 0 Å². The van der Waals surface area contributed by atoms with Crippen molar-refractivity contribution in [3.8, 4) is 0 Å². The molecule has 1 rings (SSSR count). The molecular formula is C9H20N2O3Pt+2. The first kappa shape index (κ1) is 17.4. The second-order valence-corrected chi connectivity index (χ2v) is 3.58. The summed E-state index contributed by atoms with van der Waals surface area (Å²) in [6, 6.07) is 0. The second-order valence-electron chi connectivity index (χ2n) is 3.58. The molecule has 5 nitrogen and oxygen atoms in total. The van der Waals surface area contributed by atoms with Crippen molar-refractivity contribution in [1.29, 1.82) is 0 Å². The van der Waals surface area contributed by atoms with Gasteiger partial charge in [-0.1, -0.05) is 0 Å².